The lowest BCUT2D eigenvalue weighted by molar-refractivity contribution is -0.137. The van der Waals surface area contributed by atoms with Crippen LogP contribution in [-0.2, 0) is 17.8 Å². The molecular formula is C13H21ClN2O2. The monoisotopic (exact) mass is 272 g/mol. The van der Waals surface area contributed by atoms with Crippen molar-refractivity contribution in [3.05, 3.63) is 16.4 Å². The number of ketones is 1. The van der Waals surface area contributed by atoms with Crippen LogP contribution < -0.4 is 0 Å². The molecule has 0 aliphatic rings. The molecule has 0 spiro atoms. The number of rotatable bonds is 6. The van der Waals surface area contributed by atoms with Crippen molar-refractivity contribution in [1.82, 2.24) is 9.78 Å². The van der Waals surface area contributed by atoms with Crippen LogP contribution in [0.5, 0.6) is 0 Å². The normalized spacial score (nSPS) is 11.9. The van der Waals surface area contributed by atoms with E-state index in [1.165, 1.54) is 0 Å². The van der Waals surface area contributed by atoms with Crippen LogP contribution in [0.3, 0.4) is 0 Å². The summed E-state index contributed by atoms with van der Waals surface area (Å²) in [7, 11) is 0. The molecule has 4 nitrogen and oxygen atoms in total. The number of hydrogen-bond acceptors (Lipinski definition) is 3. The fraction of sp³-hybridized carbons (Fsp3) is 0.692. The first-order chi connectivity index (χ1) is 8.39. The number of aliphatic hydroxyl groups is 1. The van der Waals surface area contributed by atoms with Crippen molar-refractivity contribution in [2.24, 2.45) is 0 Å². The molecule has 1 aromatic heterocycles. The number of hydrogen-bond donors (Lipinski definition) is 1. The smallest absolute Gasteiger partial charge is 0.170 e. The second-order valence-electron chi connectivity index (χ2n) is 4.50. The quantitative estimate of drug-likeness (QED) is 0.866. The topological polar surface area (TPSA) is 55.1 Å². The van der Waals surface area contributed by atoms with Crippen LogP contribution in [0.1, 0.15) is 45.0 Å². The molecule has 0 aromatic carbocycles. The van der Waals surface area contributed by atoms with Crippen molar-refractivity contribution in [1.29, 1.82) is 0 Å². The summed E-state index contributed by atoms with van der Waals surface area (Å²) in [4.78, 5) is 12.2. The molecule has 0 radical (unpaired) electrons. The molecule has 0 amide bonds. The Morgan fingerprint density at radius 2 is 1.94 bits per heavy atom. The van der Waals surface area contributed by atoms with E-state index in [4.69, 9.17) is 11.6 Å². The van der Waals surface area contributed by atoms with Gasteiger partial charge in [0, 0.05) is 6.54 Å². The summed E-state index contributed by atoms with van der Waals surface area (Å²) in [5.74, 6) is -0.191. The zero-order valence-corrected chi connectivity index (χ0v) is 12.2. The van der Waals surface area contributed by atoms with Crippen molar-refractivity contribution < 1.29 is 9.90 Å². The highest BCUT2D eigenvalue weighted by Gasteiger charge is 2.32. The van der Waals surface area contributed by atoms with Gasteiger partial charge in [0.15, 0.2) is 5.78 Å². The Bertz CT molecular complexity index is 436. The Kier molecular flexibility index (Phi) is 4.93. The van der Waals surface area contributed by atoms with Crippen LogP contribution in [0, 0.1) is 6.92 Å². The van der Waals surface area contributed by atoms with Crippen LogP contribution in [0.25, 0.3) is 0 Å². The molecule has 0 aliphatic carbocycles. The summed E-state index contributed by atoms with van der Waals surface area (Å²) in [6.45, 7) is 8.04. The van der Waals surface area contributed by atoms with E-state index in [-0.39, 0.29) is 12.2 Å². The molecule has 0 fully saturated rings. The van der Waals surface area contributed by atoms with E-state index in [1.54, 1.807) is 4.68 Å². The Hall–Kier alpha value is -0.870. The molecule has 18 heavy (non-hydrogen) atoms. The van der Waals surface area contributed by atoms with E-state index in [0.717, 1.165) is 5.69 Å². The maximum atomic E-state index is 12.2. The molecule has 0 aliphatic heterocycles. The number of aryl methyl sites for hydroxylation is 2. The van der Waals surface area contributed by atoms with Gasteiger partial charge in [-0.25, -0.2) is 0 Å². The minimum absolute atomic E-state index is 0.131. The van der Waals surface area contributed by atoms with Crippen LogP contribution >= 0.6 is 11.6 Å². The van der Waals surface area contributed by atoms with Crippen LogP contribution in [0.4, 0.5) is 0 Å². The highest BCUT2D eigenvalue weighted by Crippen LogP contribution is 2.24. The molecule has 0 atom stereocenters. The maximum absolute atomic E-state index is 12.2. The molecule has 1 aromatic rings. The van der Waals surface area contributed by atoms with Crippen molar-refractivity contribution in [2.45, 2.75) is 59.1 Å². The van der Waals surface area contributed by atoms with Gasteiger partial charge in [0.2, 0.25) is 0 Å². The predicted octanol–water partition coefficient (Wildman–Crippen LogP) is 2.53. The van der Waals surface area contributed by atoms with Gasteiger partial charge in [0.1, 0.15) is 5.60 Å². The largest absolute Gasteiger partial charge is 0.382 e. The van der Waals surface area contributed by atoms with Gasteiger partial charge in [-0.15, -0.1) is 0 Å². The van der Waals surface area contributed by atoms with E-state index in [2.05, 4.69) is 5.10 Å². The third-order valence-electron chi connectivity index (χ3n) is 3.47. The highest BCUT2D eigenvalue weighted by molar-refractivity contribution is 6.32. The zero-order valence-electron chi connectivity index (χ0n) is 11.5. The summed E-state index contributed by atoms with van der Waals surface area (Å²) < 4.78 is 1.72. The van der Waals surface area contributed by atoms with Gasteiger partial charge in [0.05, 0.1) is 22.8 Å². The predicted molar refractivity (Wildman–Crippen MR) is 71.9 cm³/mol. The van der Waals surface area contributed by atoms with Gasteiger partial charge in [-0.1, -0.05) is 25.4 Å². The Morgan fingerprint density at radius 1 is 1.39 bits per heavy atom. The maximum Gasteiger partial charge on any atom is 0.170 e. The zero-order chi connectivity index (χ0) is 13.9. The summed E-state index contributed by atoms with van der Waals surface area (Å²) in [5.41, 5.74) is 0.167. The summed E-state index contributed by atoms with van der Waals surface area (Å²) >= 11 is 6.16. The summed E-state index contributed by atoms with van der Waals surface area (Å²) in [6.07, 6.45) is 0.962. The first kappa shape index (κ1) is 15.2. The standard InChI is InChI=1S/C13H21ClN2O2/c1-5-13(18,6-2)11(17)8-10-12(14)9(4)15-16(10)7-3/h18H,5-8H2,1-4H3. The molecule has 0 bridgehead atoms. The average Bonchev–Trinajstić information content (AvgIpc) is 2.65. The molecule has 1 rings (SSSR count). The Labute approximate surface area is 113 Å². The fourth-order valence-corrected chi connectivity index (χ4v) is 2.20. The molecule has 1 N–H and O–H groups in total. The first-order valence-corrected chi connectivity index (χ1v) is 6.74. The molecule has 0 unspecified atom stereocenters. The van der Waals surface area contributed by atoms with Gasteiger partial charge < -0.3 is 5.11 Å². The number of halogens is 1. The average molecular weight is 273 g/mol. The molecule has 5 heteroatoms. The van der Waals surface area contributed by atoms with E-state index in [1.807, 2.05) is 27.7 Å². The van der Waals surface area contributed by atoms with Crippen molar-refractivity contribution in [2.75, 3.05) is 0 Å². The van der Waals surface area contributed by atoms with Crippen molar-refractivity contribution >= 4 is 17.4 Å². The molecular weight excluding hydrogens is 252 g/mol. The van der Waals surface area contributed by atoms with Gasteiger partial charge in [-0.2, -0.15) is 5.10 Å². The van der Waals surface area contributed by atoms with Gasteiger partial charge >= 0.3 is 0 Å². The van der Waals surface area contributed by atoms with Crippen LogP contribution in [0.2, 0.25) is 5.02 Å². The van der Waals surface area contributed by atoms with Crippen molar-refractivity contribution in [3.8, 4) is 0 Å². The molecule has 0 saturated carbocycles. The van der Waals surface area contributed by atoms with Gasteiger partial charge in [-0.05, 0) is 26.7 Å². The first-order valence-electron chi connectivity index (χ1n) is 6.37. The minimum Gasteiger partial charge on any atom is -0.382 e. The second-order valence-corrected chi connectivity index (χ2v) is 4.88. The van der Waals surface area contributed by atoms with Crippen LogP contribution in [0.15, 0.2) is 0 Å². The lowest BCUT2D eigenvalue weighted by Crippen LogP contribution is -2.38. The lowest BCUT2D eigenvalue weighted by Gasteiger charge is -2.23. The van der Waals surface area contributed by atoms with Gasteiger partial charge in [-0.3, -0.25) is 9.48 Å². The fourth-order valence-electron chi connectivity index (χ4n) is 2.00. The molecule has 0 saturated heterocycles. The number of carbonyl (C=O) groups is 1. The summed E-state index contributed by atoms with van der Waals surface area (Å²) in [5, 5.41) is 15.0. The number of Topliss-reactive ketones (excluding diaryl/α,β-unsaturated/α-hetero) is 1. The van der Waals surface area contributed by atoms with E-state index in [9.17, 15) is 9.90 Å². The van der Waals surface area contributed by atoms with E-state index >= 15 is 0 Å². The third kappa shape index (κ3) is 2.75. The summed E-state index contributed by atoms with van der Waals surface area (Å²) in [6, 6.07) is 0. The highest BCUT2D eigenvalue weighted by atomic mass is 35.5. The van der Waals surface area contributed by atoms with Crippen molar-refractivity contribution in [3.63, 3.8) is 0 Å². The molecule has 1 heterocycles. The van der Waals surface area contributed by atoms with Crippen LogP contribution in [-0.4, -0.2) is 26.3 Å². The second kappa shape index (κ2) is 5.85. The van der Waals surface area contributed by atoms with Gasteiger partial charge in [0.25, 0.3) is 0 Å². The Morgan fingerprint density at radius 3 is 2.39 bits per heavy atom. The lowest BCUT2D eigenvalue weighted by atomic mass is 9.89. The molecule has 102 valence electrons. The number of nitrogens with zero attached hydrogens (tertiary/aromatic N) is 2. The minimum atomic E-state index is -1.25. The third-order valence-corrected chi connectivity index (χ3v) is 3.96. The Balaban J connectivity index is 3.01. The number of aromatic nitrogens is 2. The number of carbonyl (C=O) groups excluding carboxylic acids is 1. The van der Waals surface area contributed by atoms with E-state index in [0.29, 0.717) is 30.1 Å². The SMILES string of the molecule is CCn1nc(C)c(Cl)c1CC(=O)C(O)(CC)CC. The van der Waals surface area contributed by atoms with E-state index < -0.39 is 5.60 Å².